The van der Waals surface area contributed by atoms with Crippen molar-refractivity contribution >= 4 is 16.8 Å². The second-order valence-electron chi connectivity index (χ2n) is 5.20. The minimum atomic E-state index is -4.73. The monoisotopic (exact) mass is 351 g/mol. The topological polar surface area (TPSA) is 76.4 Å². The number of amides is 1. The Morgan fingerprint density at radius 3 is 2.60 bits per heavy atom. The van der Waals surface area contributed by atoms with E-state index in [1.807, 2.05) is 4.57 Å². The normalized spacial score (nSPS) is 11.5. The van der Waals surface area contributed by atoms with E-state index in [1.54, 1.807) is 12.3 Å². The number of nitrogens with one attached hydrogen (secondary N) is 1. The van der Waals surface area contributed by atoms with E-state index >= 15 is 0 Å². The Labute approximate surface area is 139 Å². The smallest absolute Gasteiger partial charge is 0.406 e. The first-order valence-corrected chi connectivity index (χ1v) is 7.10. The lowest BCUT2D eigenvalue weighted by molar-refractivity contribution is -0.274. The maximum absolute atomic E-state index is 12.2. The van der Waals surface area contributed by atoms with Gasteiger partial charge in [0.15, 0.2) is 0 Å². The zero-order valence-corrected chi connectivity index (χ0v) is 12.6. The number of carbonyl (C=O) groups excluding carboxylic acids is 1. The van der Waals surface area contributed by atoms with Gasteiger partial charge in [0.05, 0.1) is 5.52 Å². The van der Waals surface area contributed by atoms with E-state index < -0.39 is 12.3 Å². The van der Waals surface area contributed by atoms with Gasteiger partial charge in [0, 0.05) is 24.3 Å². The number of hydroxylamine groups is 1. The van der Waals surface area contributed by atoms with Crippen LogP contribution in [0.4, 0.5) is 13.2 Å². The minimum Gasteiger partial charge on any atom is -0.406 e. The van der Waals surface area contributed by atoms with Crippen molar-refractivity contribution in [2.45, 2.75) is 12.9 Å². The summed E-state index contributed by atoms with van der Waals surface area (Å²) < 4.78 is 42.2. The summed E-state index contributed by atoms with van der Waals surface area (Å²) in [6.07, 6.45) is -1.46. The van der Waals surface area contributed by atoms with Gasteiger partial charge < -0.3 is 9.30 Å². The molecule has 0 saturated carbocycles. The molecule has 1 amide bonds. The molecule has 2 heterocycles. The van der Waals surface area contributed by atoms with Gasteiger partial charge in [-0.1, -0.05) is 12.1 Å². The van der Waals surface area contributed by atoms with Crippen molar-refractivity contribution < 1.29 is 27.9 Å². The quantitative estimate of drug-likeness (QED) is 0.559. The maximum Gasteiger partial charge on any atom is 0.573 e. The molecule has 0 aliphatic rings. The standard InChI is InChI=1S/C16H12F3N3O3/c17-16(18,19)25-12-3-1-10(2-4-12)9-22-6-5-11-8-20-13(7-14(11)22)15(23)21-24/h1-8,24H,9H2,(H,21,23). The second-order valence-corrected chi connectivity index (χ2v) is 5.20. The zero-order chi connectivity index (χ0) is 18.0. The molecule has 6 nitrogen and oxygen atoms in total. The van der Waals surface area contributed by atoms with Crippen LogP contribution < -0.4 is 10.2 Å². The summed E-state index contributed by atoms with van der Waals surface area (Å²) >= 11 is 0. The number of hydrogen-bond acceptors (Lipinski definition) is 4. The molecule has 0 radical (unpaired) electrons. The molecule has 9 heteroatoms. The Bertz CT molecular complexity index is 904. The molecular formula is C16H12F3N3O3. The molecule has 0 unspecified atom stereocenters. The lowest BCUT2D eigenvalue weighted by atomic mass is 10.2. The van der Waals surface area contributed by atoms with Crippen molar-refractivity contribution in [3.8, 4) is 5.75 Å². The van der Waals surface area contributed by atoms with Crippen LogP contribution in [0.3, 0.4) is 0 Å². The molecule has 0 aliphatic heterocycles. The summed E-state index contributed by atoms with van der Waals surface area (Å²) in [6.45, 7) is 0.375. The molecule has 0 aliphatic carbocycles. The van der Waals surface area contributed by atoms with E-state index in [9.17, 15) is 18.0 Å². The summed E-state index contributed by atoms with van der Waals surface area (Å²) in [7, 11) is 0. The van der Waals surface area contributed by atoms with Crippen molar-refractivity contribution in [1.29, 1.82) is 0 Å². The van der Waals surface area contributed by atoms with Crippen LogP contribution in [0.5, 0.6) is 5.75 Å². The van der Waals surface area contributed by atoms with Crippen molar-refractivity contribution in [1.82, 2.24) is 15.0 Å². The maximum atomic E-state index is 12.2. The Morgan fingerprint density at radius 1 is 1.24 bits per heavy atom. The summed E-state index contributed by atoms with van der Waals surface area (Å²) in [5.41, 5.74) is 3.01. The van der Waals surface area contributed by atoms with E-state index in [4.69, 9.17) is 5.21 Å². The highest BCUT2D eigenvalue weighted by molar-refractivity contribution is 5.95. The zero-order valence-electron chi connectivity index (χ0n) is 12.6. The highest BCUT2D eigenvalue weighted by atomic mass is 19.4. The van der Waals surface area contributed by atoms with E-state index in [0.717, 1.165) is 10.9 Å². The van der Waals surface area contributed by atoms with Gasteiger partial charge in [0.25, 0.3) is 5.91 Å². The van der Waals surface area contributed by atoms with Gasteiger partial charge >= 0.3 is 6.36 Å². The number of rotatable bonds is 4. The summed E-state index contributed by atoms with van der Waals surface area (Å²) in [5, 5.41) is 9.47. The number of alkyl halides is 3. The highest BCUT2D eigenvalue weighted by Crippen LogP contribution is 2.23. The van der Waals surface area contributed by atoms with Crippen molar-refractivity contribution in [3.63, 3.8) is 0 Å². The van der Waals surface area contributed by atoms with E-state index in [1.165, 1.54) is 42.0 Å². The third kappa shape index (κ3) is 3.89. The number of halogens is 3. The third-order valence-corrected chi connectivity index (χ3v) is 3.50. The number of hydrogen-bond donors (Lipinski definition) is 2. The predicted octanol–water partition coefficient (Wildman–Crippen LogP) is 3.10. The SMILES string of the molecule is O=C(NO)c1cc2c(ccn2Cc2ccc(OC(F)(F)F)cc2)cn1. The average Bonchev–Trinajstić information content (AvgIpc) is 2.97. The number of pyridine rings is 1. The van der Waals surface area contributed by atoms with Gasteiger partial charge in [-0.25, -0.2) is 5.48 Å². The van der Waals surface area contributed by atoms with Gasteiger partial charge in [0.2, 0.25) is 0 Å². The molecule has 1 aromatic carbocycles. The Hall–Kier alpha value is -3.07. The fourth-order valence-electron chi connectivity index (χ4n) is 2.40. The number of nitrogens with zero attached hydrogens (tertiary/aromatic N) is 2. The minimum absolute atomic E-state index is 0.0453. The molecule has 0 atom stereocenters. The molecule has 2 N–H and O–H groups in total. The summed E-state index contributed by atoms with van der Waals surface area (Å²) in [6, 6.07) is 8.83. The van der Waals surface area contributed by atoms with Crippen LogP contribution in [0, 0.1) is 0 Å². The molecule has 3 rings (SSSR count). The molecule has 0 bridgehead atoms. The van der Waals surface area contributed by atoms with Crippen LogP contribution in [-0.2, 0) is 6.54 Å². The predicted molar refractivity (Wildman–Crippen MR) is 81.2 cm³/mol. The van der Waals surface area contributed by atoms with Crippen molar-refractivity contribution in [3.05, 3.63) is 60.0 Å². The molecular weight excluding hydrogens is 339 g/mol. The number of carbonyl (C=O) groups is 1. The lowest BCUT2D eigenvalue weighted by Crippen LogP contribution is -2.19. The first-order valence-electron chi connectivity index (χ1n) is 7.10. The fourth-order valence-corrected chi connectivity index (χ4v) is 2.40. The first kappa shape index (κ1) is 16.8. The van der Waals surface area contributed by atoms with Gasteiger partial charge in [-0.2, -0.15) is 0 Å². The Balaban J connectivity index is 1.84. The number of aromatic nitrogens is 2. The first-order chi connectivity index (χ1) is 11.9. The van der Waals surface area contributed by atoms with Crippen LogP contribution in [0.1, 0.15) is 16.1 Å². The summed E-state index contributed by atoms with van der Waals surface area (Å²) in [4.78, 5) is 15.4. The van der Waals surface area contributed by atoms with Crippen LogP contribution in [0.15, 0.2) is 48.8 Å². The van der Waals surface area contributed by atoms with Gasteiger partial charge in [-0.05, 0) is 29.8 Å². The molecule has 0 saturated heterocycles. The van der Waals surface area contributed by atoms with Crippen LogP contribution in [-0.4, -0.2) is 27.0 Å². The molecule has 130 valence electrons. The number of ether oxygens (including phenoxy) is 1. The van der Waals surface area contributed by atoms with Crippen LogP contribution in [0.25, 0.3) is 10.9 Å². The number of fused-ring (bicyclic) bond motifs is 1. The Morgan fingerprint density at radius 2 is 1.96 bits per heavy atom. The summed E-state index contributed by atoms with van der Waals surface area (Å²) in [5.74, 6) is -1.02. The molecule has 25 heavy (non-hydrogen) atoms. The highest BCUT2D eigenvalue weighted by Gasteiger charge is 2.30. The second kappa shape index (κ2) is 6.44. The average molecular weight is 351 g/mol. The van der Waals surface area contributed by atoms with Crippen LogP contribution >= 0.6 is 0 Å². The van der Waals surface area contributed by atoms with E-state index in [-0.39, 0.29) is 11.4 Å². The molecule has 2 aromatic heterocycles. The van der Waals surface area contributed by atoms with Gasteiger partial charge in [-0.3, -0.25) is 15.0 Å². The van der Waals surface area contributed by atoms with Crippen LogP contribution in [0.2, 0.25) is 0 Å². The van der Waals surface area contributed by atoms with Crippen molar-refractivity contribution in [2.75, 3.05) is 0 Å². The van der Waals surface area contributed by atoms with Gasteiger partial charge in [0.1, 0.15) is 11.4 Å². The van der Waals surface area contributed by atoms with E-state index in [2.05, 4.69) is 9.72 Å². The lowest BCUT2D eigenvalue weighted by Gasteiger charge is -2.10. The Kier molecular flexibility index (Phi) is 4.32. The largest absolute Gasteiger partial charge is 0.573 e. The molecule has 3 aromatic rings. The van der Waals surface area contributed by atoms with Crippen molar-refractivity contribution in [2.24, 2.45) is 0 Å². The number of benzene rings is 1. The van der Waals surface area contributed by atoms with Gasteiger partial charge in [-0.15, -0.1) is 13.2 Å². The molecule has 0 spiro atoms. The fraction of sp³-hybridized carbons (Fsp3) is 0.125. The molecule has 0 fully saturated rings. The third-order valence-electron chi connectivity index (χ3n) is 3.50. The van der Waals surface area contributed by atoms with E-state index in [0.29, 0.717) is 12.1 Å².